The van der Waals surface area contributed by atoms with Crippen molar-refractivity contribution in [1.82, 2.24) is 4.90 Å². The highest BCUT2D eigenvalue weighted by molar-refractivity contribution is 5.79. The molecule has 0 unspecified atom stereocenters. The molecule has 1 saturated heterocycles. The Labute approximate surface area is 115 Å². The van der Waals surface area contributed by atoms with Gasteiger partial charge in [-0.3, -0.25) is 5.41 Å². The van der Waals surface area contributed by atoms with E-state index in [-0.39, 0.29) is 0 Å². The highest BCUT2D eigenvalue weighted by atomic mass is 16.5. The van der Waals surface area contributed by atoms with Gasteiger partial charge in [0, 0.05) is 38.3 Å². The van der Waals surface area contributed by atoms with E-state index in [1.165, 1.54) is 5.69 Å². The molecular formula is C15H23N3O. The fraction of sp³-hybridized carbons (Fsp3) is 0.533. The number of hydrogen-bond donors (Lipinski definition) is 1. The van der Waals surface area contributed by atoms with E-state index < -0.39 is 0 Å². The molecule has 4 nitrogen and oxygen atoms in total. The standard InChI is InChI=1S/C15H23N3O/c1-3-4-15(16)18-11-9-17(10-12-18)13-5-7-14(19-2)8-6-13/h5-8,16H,3-4,9-12H2,1-2H3. The summed E-state index contributed by atoms with van der Waals surface area (Å²) >= 11 is 0. The zero-order valence-corrected chi connectivity index (χ0v) is 11.9. The first-order valence-corrected chi connectivity index (χ1v) is 6.96. The molecule has 4 heteroatoms. The molecule has 104 valence electrons. The van der Waals surface area contributed by atoms with E-state index in [1.807, 2.05) is 12.1 Å². The van der Waals surface area contributed by atoms with Gasteiger partial charge in [-0.2, -0.15) is 0 Å². The molecule has 0 atom stereocenters. The molecule has 1 aliphatic heterocycles. The molecule has 0 radical (unpaired) electrons. The number of hydrogen-bond acceptors (Lipinski definition) is 3. The largest absolute Gasteiger partial charge is 0.497 e. The summed E-state index contributed by atoms with van der Waals surface area (Å²) in [6, 6.07) is 8.21. The number of rotatable bonds is 4. The minimum atomic E-state index is 0.789. The van der Waals surface area contributed by atoms with Crippen molar-refractivity contribution < 1.29 is 4.74 Å². The van der Waals surface area contributed by atoms with E-state index in [2.05, 4.69) is 28.9 Å². The van der Waals surface area contributed by atoms with E-state index in [1.54, 1.807) is 7.11 Å². The molecule has 1 fully saturated rings. The maximum Gasteiger partial charge on any atom is 0.119 e. The Bertz CT molecular complexity index is 408. The van der Waals surface area contributed by atoms with E-state index in [0.29, 0.717) is 0 Å². The van der Waals surface area contributed by atoms with Crippen molar-refractivity contribution in [2.75, 3.05) is 38.2 Å². The normalized spacial score (nSPS) is 15.5. The van der Waals surface area contributed by atoms with E-state index in [4.69, 9.17) is 10.1 Å². The third-order valence-electron chi connectivity index (χ3n) is 3.59. The summed E-state index contributed by atoms with van der Waals surface area (Å²) in [7, 11) is 1.69. The molecule has 0 bridgehead atoms. The summed E-state index contributed by atoms with van der Waals surface area (Å²) in [6.45, 7) is 5.99. The molecule has 1 aromatic rings. The van der Waals surface area contributed by atoms with Crippen LogP contribution in [0.2, 0.25) is 0 Å². The Morgan fingerprint density at radius 2 is 1.79 bits per heavy atom. The summed E-state index contributed by atoms with van der Waals surface area (Å²) in [5.74, 6) is 1.68. The molecule has 2 rings (SSSR count). The predicted octanol–water partition coefficient (Wildman–Crippen LogP) is 2.59. The first-order chi connectivity index (χ1) is 9.24. The predicted molar refractivity (Wildman–Crippen MR) is 79.4 cm³/mol. The molecule has 1 aromatic carbocycles. The number of ether oxygens (including phenoxy) is 1. The molecule has 0 saturated carbocycles. The van der Waals surface area contributed by atoms with E-state index >= 15 is 0 Å². The lowest BCUT2D eigenvalue weighted by atomic mass is 10.2. The van der Waals surface area contributed by atoms with Crippen LogP contribution in [0, 0.1) is 5.41 Å². The summed E-state index contributed by atoms with van der Waals surface area (Å²) in [4.78, 5) is 4.57. The molecule has 1 heterocycles. The number of piperazine rings is 1. The van der Waals surface area contributed by atoms with Crippen LogP contribution in [0.15, 0.2) is 24.3 Å². The average molecular weight is 261 g/mol. The summed E-state index contributed by atoms with van der Waals surface area (Å²) in [5, 5.41) is 8.00. The van der Waals surface area contributed by atoms with Crippen LogP contribution in [0.5, 0.6) is 5.75 Å². The van der Waals surface area contributed by atoms with Crippen molar-refractivity contribution in [3.63, 3.8) is 0 Å². The minimum Gasteiger partial charge on any atom is -0.497 e. The van der Waals surface area contributed by atoms with Gasteiger partial charge in [-0.05, 0) is 30.7 Å². The van der Waals surface area contributed by atoms with Crippen LogP contribution in [-0.2, 0) is 0 Å². The Hall–Kier alpha value is -1.71. The molecule has 0 aliphatic carbocycles. The summed E-state index contributed by atoms with van der Waals surface area (Å²) in [5.41, 5.74) is 1.24. The third-order valence-corrected chi connectivity index (χ3v) is 3.59. The van der Waals surface area contributed by atoms with Crippen LogP contribution in [0.25, 0.3) is 0 Å². The number of nitrogens with one attached hydrogen (secondary N) is 1. The van der Waals surface area contributed by atoms with Gasteiger partial charge in [0.15, 0.2) is 0 Å². The summed E-state index contributed by atoms with van der Waals surface area (Å²) in [6.07, 6.45) is 1.94. The maximum absolute atomic E-state index is 8.00. The second-order valence-corrected chi connectivity index (χ2v) is 4.87. The van der Waals surface area contributed by atoms with Crippen molar-refractivity contribution >= 4 is 11.5 Å². The number of anilines is 1. The summed E-state index contributed by atoms with van der Waals surface area (Å²) < 4.78 is 5.18. The van der Waals surface area contributed by atoms with Crippen molar-refractivity contribution in [2.24, 2.45) is 0 Å². The van der Waals surface area contributed by atoms with Gasteiger partial charge in [-0.1, -0.05) is 6.92 Å². The van der Waals surface area contributed by atoms with Gasteiger partial charge in [0.05, 0.1) is 12.9 Å². The number of nitrogens with zero attached hydrogens (tertiary/aromatic N) is 2. The molecule has 1 aliphatic rings. The molecule has 1 N–H and O–H groups in total. The number of benzene rings is 1. The van der Waals surface area contributed by atoms with Gasteiger partial charge in [-0.25, -0.2) is 0 Å². The zero-order chi connectivity index (χ0) is 13.7. The first-order valence-electron chi connectivity index (χ1n) is 6.96. The van der Waals surface area contributed by atoms with Crippen molar-refractivity contribution in [1.29, 1.82) is 5.41 Å². The van der Waals surface area contributed by atoms with Gasteiger partial charge < -0.3 is 14.5 Å². The van der Waals surface area contributed by atoms with Gasteiger partial charge >= 0.3 is 0 Å². The third kappa shape index (κ3) is 3.40. The van der Waals surface area contributed by atoms with E-state index in [9.17, 15) is 0 Å². The highest BCUT2D eigenvalue weighted by Crippen LogP contribution is 2.20. The Kier molecular flexibility index (Phi) is 4.66. The lowest BCUT2D eigenvalue weighted by Gasteiger charge is -2.37. The van der Waals surface area contributed by atoms with Gasteiger partial charge in [0.1, 0.15) is 5.75 Å². The fourth-order valence-electron chi connectivity index (χ4n) is 2.42. The van der Waals surface area contributed by atoms with Crippen molar-refractivity contribution in [3.8, 4) is 5.75 Å². The fourth-order valence-corrected chi connectivity index (χ4v) is 2.42. The molecule has 19 heavy (non-hydrogen) atoms. The average Bonchev–Trinajstić information content (AvgIpc) is 2.48. The van der Waals surface area contributed by atoms with Crippen LogP contribution >= 0.6 is 0 Å². The Morgan fingerprint density at radius 1 is 1.16 bits per heavy atom. The van der Waals surface area contributed by atoms with Crippen LogP contribution in [-0.4, -0.2) is 44.0 Å². The number of amidine groups is 1. The number of methoxy groups -OCH3 is 1. The second kappa shape index (κ2) is 6.45. The maximum atomic E-state index is 8.00. The highest BCUT2D eigenvalue weighted by Gasteiger charge is 2.18. The minimum absolute atomic E-state index is 0.789. The SMILES string of the molecule is CCCC(=N)N1CCN(c2ccc(OC)cc2)CC1. The molecule has 0 aromatic heterocycles. The topological polar surface area (TPSA) is 39.6 Å². The van der Waals surface area contributed by atoms with Crippen molar-refractivity contribution in [2.45, 2.75) is 19.8 Å². The van der Waals surface area contributed by atoms with Crippen LogP contribution in [0.3, 0.4) is 0 Å². The van der Waals surface area contributed by atoms with E-state index in [0.717, 1.165) is 50.6 Å². The monoisotopic (exact) mass is 261 g/mol. The lowest BCUT2D eigenvalue weighted by Crippen LogP contribution is -2.48. The van der Waals surface area contributed by atoms with Crippen LogP contribution in [0.1, 0.15) is 19.8 Å². The van der Waals surface area contributed by atoms with Crippen LogP contribution < -0.4 is 9.64 Å². The van der Waals surface area contributed by atoms with Gasteiger partial charge in [0.25, 0.3) is 0 Å². The van der Waals surface area contributed by atoms with Gasteiger partial charge in [-0.15, -0.1) is 0 Å². The zero-order valence-electron chi connectivity index (χ0n) is 11.9. The van der Waals surface area contributed by atoms with Crippen LogP contribution in [0.4, 0.5) is 5.69 Å². The first kappa shape index (κ1) is 13.7. The Morgan fingerprint density at radius 3 is 2.32 bits per heavy atom. The van der Waals surface area contributed by atoms with Gasteiger partial charge in [0.2, 0.25) is 0 Å². The smallest absolute Gasteiger partial charge is 0.119 e. The lowest BCUT2D eigenvalue weighted by molar-refractivity contribution is 0.376. The molecular weight excluding hydrogens is 238 g/mol. The van der Waals surface area contributed by atoms with Crippen molar-refractivity contribution in [3.05, 3.63) is 24.3 Å². The Balaban J connectivity index is 1.90. The quantitative estimate of drug-likeness (QED) is 0.669. The second-order valence-electron chi connectivity index (χ2n) is 4.87. The molecule has 0 amide bonds. The molecule has 0 spiro atoms.